The van der Waals surface area contributed by atoms with Gasteiger partial charge in [0.15, 0.2) is 0 Å². The minimum atomic E-state index is 0.595. The van der Waals surface area contributed by atoms with Crippen LogP contribution in [0.2, 0.25) is 0 Å². The highest BCUT2D eigenvalue weighted by Gasteiger charge is 2.20. The van der Waals surface area contributed by atoms with Crippen LogP contribution in [0.1, 0.15) is 0 Å². The summed E-state index contributed by atoms with van der Waals surface area (Å²) in [5.41, 5.74) is 9.82. The largest absolute Gasteiger partial charge is 0.309 e. The third-order valence-electron chi connectivity index (χ3n) is 12.0. The molecule has 0 fully saturated rings. The zero-order valence-electron chi connectivity index (χ0n) is 32.6. The van der Waals surface area contributed by atoms with Gasteiger partial charge in [0.1, 0.15) is 0 Å². The van der Waals surface area contributed by atoms with Gasteiger partial charge in [0.2, 0.25) is 5.95 Å². The minimum Gasteiger partial charge on any atom is -0.309 e. The summed E-state index contributed by atoms with van der Waals surface area (Å²) < 4.78 is 4.62. The Morgan fingerprint density at radius 3 is 1.82 bits per heavy atom. The van der Waals surface area contributed by atoms with Gasteiger partial charge in [-0.2, -0.15) is 0 Å². The first-order valence-electron chi connectivity index (χ1n) is 20.4. The number of hydrogen-bond donors (Lipinski definition) is 0. The lowest BCUT2D eigenvalue weighted by Gasteiger charge is -2.13. The molecule has 0 unspecified atom stereocenters. The van der Waals surface area contributed by atoms with E-state index in [1.165, 1.54) is 59.7 Å². The van der Waals surface area contributed by atoms with Gasteiger partial charge in [-0.3, -0.25) is 4.57 Å². The van der Waals surface area contributed by atoms with Crippen LogP contribution in [0, 0.1) is 0 Å². The molecule has 0 N–H and O–H groups in total. The highest BCUT2D eigenvalue weighted by molar-refractivity contribution is 6.24. The van der Waals surface area contributed by atoms with Gasteiger partial charge >= 0.3 is 0 Å². The molecule has 0 saturated carbocycles. The molecule has 0 radical (unpaired) electrons. The number of rotatable bonds is 4. The van der Waals surface area contributed by atoms with Crippen molar-refractivity contribution in [1.82, 2.24) is 19.1 Å². The number of para-hydroxylation sites is 3. The van der Waals surface area contributed by atoms with Crippen LogP contribution >= 0.6 is 0 Å². The molecular formula is C56H36N4. The molecule has 0 spiro atoms. The van der Waals surface area contributed by atoms with Crippen LogP contribution in [-0.2, 0) is 0 Å². The normalized spacial score (nSPS) is 11.7. The summed E-state index contributed by atoms with van der Waals surface area (Å²) in [6.45, 7) is 0. The first-order valence-corrected chi connectivity index (χ1v) is 20.4. The van der Waals surface area contributed by atoms with Crippen molar-refractivity contribution in [2.75, 3.05) is 0 Å². The number of hydrogen-bond acceptors (Lipinski definition) is 2. The molecule has 0 bridgehead atoms. The Morgan fingerprint density at radius 2 is 0.950 bits per heavy atom. The minimum absolute atomic E-state index is 0.595. The zero-order chi connectivity index (χ0) is 39.6. The number of nitrogens with zero attached hydrogens (tertiary/aromatic N) is 4. The first-order chi connectivity index (χ1) is 29.8. The van der Waals surface area contributed by atoms with Crippen molar-refractivity contribution >= 4 is 75.9 Å². The summed E-state index contributed by atoms with van der Waals surface area (Å²) >= 11 is 0. The second-order valence-corrected chi connectivity index (χ2v) is 15.4. The maximum absolute atomic E-state index is 5.39. The van der Waals surface area contributed by atoms with Crippen molar-refractivity contribution in [1.29, 1.82) is 0 Å². The highest BCUT2D eigenvalue weighted by Crippen LogP contribution is 2.43. The average Bonchev–Trinajstić information content (AvgIpc) is 3.83. The molecule has 3 aromatic heterocycles. The molecule has 0 aliphatic carbocycles. The number of aromatic nitrogens is 4. The smallest absolute Gasteiger partial charge is 0.235 e. The van der Waals surface area contributed by atoms with Crippen LogP contribution in [0.25, 0.3) is 110 Å². The third-order valence-corrected chi connectivity index (χ3v) is 12.0. The molecule has 0 aliphatic heterocycles. The molecule has 12 rings (SSSR count). The monoisotopic (exact) mass is 764 g/mol. The summed E-state index contributed by atoms with van der Waals surface area (Å²) in [7, 11) is 0. The van der Waals surface area contributed by atoms with Crippen LogP contribution in [-0.4, -0.2) is 19.1 Å². The Hall–Kier alpha value is -8.08. The van der Waals surface area contributed by atoms with E-state index in [1.807, 2.05) is 30.5 Å². The fourth-order valence-corrected chi connectivity index (χ4v) is 9.33. The van der Waals surface area contributed by atoms with Crippen molar-refractivity contribution in [3.8, 4) is 34.0 Å². The highest BCUT2D eigenvalue weighted by atomic mass is 15.1. The quantitative estimate of drug-likeness (QED) is 0.167. The fourth-order valence-electron chi connectivity index (χ4n) is 9.33. The lowest BCUT2D eigenvalue weighted by Crippen LogP contribution is -2.00. The van der Waals surface area contributed by atoms with E-state index in [0.29, 0.717) is 5.95 Å². The summed E-state index contributed by atoms with van der Waals surface area (Å²) in [6, 6.07) is 75.9. The van der Waals surface area contributed by atoms with E-state index in [9.17, 15) is 0 Å². The van der Waals surface area contributed by atoms with Crippen molar-refractivity contribution in [2.24, 2.45) is 0 Å². The Bertz CT molecular complexity index is 3730. The molecule has 0 atom stereocenters. The maximum atomic E-state index is 5.39. The van der Waals surface area contributed by atoms with E-state index in [4.69, 9.17) is 9.97 Å². The van der Waals surface area contributed by atoms with Crippen LogP contribution in [0.15, 0.2) is 219 Å². The van der Waals surface area contributed by atoms with E-state index in [1.54, 1.807) is 0 Å². The molecule has 9 aromatic carbocycles. The van der Waals surface area contributed by atoms with Gasteiger partial charge < -0.3 is 4.57 Å². The second-order valence-electron chi connectivity index (χ2n) is 15.4. The molecule has 3 heterocycles. The zero-order valence-corrected chi connectivity index (χ0v) is 32.6. The lowest BCUT2D eigenvalue weighted by molar-refractivity contribution is 1.01. The number of fused-ring (bicyclic) bond motifs is 11. The molecular weight excluding hydrogens is 729 g/mol. The summed E-state index contributed by atoms with van der Waals surface area (Å²) in [5, 5.41) is 12.2. The first kappa shape index (κ1) is 34.0. The van der Waals surface area contributed by atoms with Crippen molar-refractivity contribution < 1.29 is 0 Å². The van der Waals surface area contributed by atoms with E-state index < -0.39 is 0 Å². The molecule has 4 heteroatoms. The molecule has 0 saturated heterocycles. The van der Waals surface area contributed by atoms with Gasteiger partial charge in [0.25, 0.3) is 0 Å². The summed E-state index contributed by atoms with van der Waals surface area (Å²) in [6.07, 6.45) is 1.83. The molecule has 4 nitrogen and oxygen atoms in total. The molecule has 280 valence electrons. The van der Waals surface area contributed by atoms with Crippen LogP contribution in [0.3, 0.4) is 0 Å². The molecule has 12 aromatic rings. The van der Waals surface area contributed by atoms with Crippen molar-refractivity contribution in [2.45, 2.75) is 0 Å². The van der Waals surface area contributed by atoms with Crippen LogP contribution in [0.5, 0.6) is 0 Å². The van der Waals surface area contributed by atoms with Crippen LogP contribution in [0.4, 0.5) is 0 Å². The topological polar surface area (TPSA) is 35.6 Å². The molecule has 0 amide bonds. The van der Waals surface area contributed by atoms with Gasteiger partial charge in [0.05, 0.1) is 27.8 Å². The standard InChI is InChI=1S/C56H36N4/c1-2-15-33-57-56(58-50(24-6-1)40-29-31-43-38(34-40)28-27-37-16-7-8-19-42(37)43)60-51-25-13-11-21-45(51)49-35-39(30-32-53(49)60)48-36-54-55(46-22-10-9-20-44(46)48)47-23-12-14-26-52(47)59(54)41-17-4-3-5-18-41/h1-36H. The predicted molar refractivity (Wildman–Crippen MR) is 252 cm³/mol. The average molecular weight is 765 g/mol. The van der Waals surface area contributed by atoms with Gasteiger partial charge in [-0.05, 0) is 104 Å². The number of benzene rings is 9. The van der Waals surface area contributed by atoms with E-state index in [-0.39, 0.29) is 0 Å². The third kappa shape index (κ3) is 5.39. The van der Waals surface area contributed by atoms with Gasteiger partial charge in [-0.25, -0.2) is 9.97 Å². The van der Waals surface area contributed by atoms with E-state index in [2.05, 4.69) is 197 Å². The SMILES string of the molecule is c1cccc(-c2ccc3c(ccc4ccccc43)c2)nc(-n2c3ccccc3c3cc(-c4cc5c(c6ccccc46)c4ccccc4n5-c4ccccc4)ccc32)ncc1. The molecule has 0 aliphatic rings. The Balaban J connectivity index is 1.09. The Kier molecular flexibility index (Phi) is 7.82. The van der Waals surface area contributed by atoms with Crippen LogP contribution < -0.4 is 0 Å². The fraction of sp³-hybridized carbons (Fsp3) is 0. The van der Waals surface area contributed by atoms with Crippen molar-refractivity contribution in [3.05, 3.63) is 219 Å². The predicted octanol–water partition coefficient (Wildman–Crippen LogP) is 14.6. The maximum Gasteiger partial charge on any atom is 0.235 e. The summed E-state index contributed by atoms with van der Waals surface area (Å²) in [4.78, 5) is 10.4. The van der Waals surface area contributed by atoms with Gasteiger partial charge in [-0.1, -0.05) is 152 Å². The van der Waals surface area contributed by atoms with Gasteiger partial charge in [-0.15, -0.1) is 0 Å². The van der Waals surface area contributed by atoms with Gasteiger partial charge in [0, 0.05) is 39.0 Å². The van der Waals surface area contributed by atoms with E-state index >= 15 is 0 Å². The lowest BCUT2D eigenvalue weighted by atomic mass is 9.94. The second kappa shape index (κ2) is 13.8. The van der Waals surface area contributed by atoms with E-state index in [0.717, 1.165) is 44.3 Å². The Labute approximate surface area is 346 Å². The summed E-state index contributed by atoms with van der Waals surface area (Å²) in [5.74, 6) is 0.595. The molecule has 60 heavy (non-hydrogen) atoms. The Morgan fingerprint density at radius 1 is 0.333 bits per heavy atom. The van der Waals surface area contributed by atoms with Crippen molar-refractivity contribution in [3.63, 3.8) is 0 Å².